The predicted molar refractivity (Wildman–Crippen MR) is 81.0 cm³/mol. The first-order valence-electron chi connectivity index (χ1n) is 5.74. The Bertz CT molecular complexity index is 751. The van der Waals surface area contributed by atoms with Crippen LogP contribution in [0.4, 0.5) is 0 Å². The summed E-state index contributed by atoms with van der Waals surface area (Å²) in [5.74, 6) is -0.0699. The lowest BCUT2D eigenvalue weighted by molar-refractivity contribution is 0.0717. The molecule has 0 fully saturated rings. The minimum Gasteiger partial charge on any atom is -0.421 e. The third-order valence-electron chi connectivity index (χ3n) is 2.96. The lowest BCUT2D eigenvalue weighted by Gasteiger charge is -2.05. The molecular formula is C15H7Cl3O2. The first-order valence-corrected chi connectivity index (χ1v) is 6.88. The molecule has 5 heteroatoms. The molecule has 1 heterocycles. The summed E-state index contributed by atoms with van der Waals surface area (Å²) in [4.78, 5) is 11.8. The molecule has 2 aromatic rings. The molecule has 20 heavy (non-hydrogen) atoms. The topological polar surface area (TPSA) is 26.3 Å². The zero-order valence-electron chi connectivity index (χ0n) is 9.99. The number of fused-ring (bicyclic) bond motifs is 1. The summed E-state index contributed by atoms with van der Waals surface area (Å²) in [5.41, 5.74) is 1.81. The third-order valence-corrected chi connectivity index (χ3v) is 4.09. The van der Waals surface area contributed by atoms with E-state index in [-0.39, 0.29) is 0 Å². The second-order valence-electron chi connectivity index (χ2n) is 4.21. The molecule has 1 aliphatic rings. The zero-order chi connectivity index (χ0) is 14.3. The smallest absolute Gasteiger partial charge is 0.344 e. The summed E-state index contributed by atoms with van der Waals surface area (Å²) in [6.45, 7) is 0. The molecule has 0 amide bonds. The minimum atomic E-state index is -0.409. The molecule has 2 aromatic carbocycles. The summed E-state index contributed by atoms with van der Waals surface area (Å²) in [6.07, 6.45) is 0. The van der Waals surface area contributed by atoms with Gasteiger partial charge < -0.3 is 4.74 Å². The molecule has 0 aromatic heterocycles. The van der Waals surface area contributed by atoms with Gasteiger partial charge in [-0.05, 0) is 23.8 Å². The van der Waals surface area contributed by atoms with Gasteiger partial charge in [0.1, 0.15) is 0 Å². The maximum atomic E-state index is 11.8. The molecule has 0 unspecified atom stereocenters. The van der Waals surface area contributed by atoms with E-state index in [0.29, 0.717) is 37.5 Å². The summed E-state index contributed by atoms with van der Waals surface area (Å²) >= 11 is 18.2. The van der Waals surface area contributed by atoms with Gasteiger partial charge in [-0.3, -0.25) is 0 Å². The van der Waals surface area contributed by atoms with Gasteiger partial charge in [0.05, 0.1) is 20.6 Å². The summed E-state index contributed by atoms with van der Waals surface area (Å²) < 4.78 is 5.25. The van der Waals surface area contributed by atoms with Crippen molar-refractivity contribution in [3.05, 3.63) is 69.2 Å². The first-order chi connectivity index (χ1) is 9.58. The fourth-order valence-corrected chi connectivity index (χ4v) is 2.54. The van der Waals surface area contributed by atoms with Crippen LogP contribution in [0.2, 0.25) is 10.0 Å². The number of ether oxygens (including phenoxy) is 1. The lowest BCUT2D eigenvalue weighted by Crippen LogP contribution is -1.92. The second-order valence-corrected chi connectivity index (χ2v) is 5.40. The largest absolute Gasteiger partial charge is 0.421 e. The Morgan fingerprint density at radius 3 is 2.35 bits per heavy atom. The van der Waals surface area contributed by atoms with Gasteiger partial charge in [-0.15, -0.1) is 0 Å². The Kier molecular flexibility index (Phi) is 3.47. The Balaban J connectivity index is 2.16. The Morgan fingerprint density at radius 2 is 1.65 bits per heavy atom. The number of carbonyl (C=O) groups excluding carboxylic acids is 1. The van der Waals surface area contributed by atoms with Crippen molar-refractivity contribution < 1.29 is 9.53 Å². The fourth-order valence-electron chi connectivity index (χ4n) is 1.99. The number of hydrogen-bond acceptors (Lipinski definition) is 2. The summed E-state index contributed by atoms with van der Waals surface area (Å²) in [5, 5.41) is 1.15. The SMILES string of the molecule is O=C1O/C(=C(\Cl)c2ccc(Cl)c(Cl)c2)c2ccccc21. The molecular weight excluding hydrogens is 319 g/mol. The Morgan fingerprint density at radius 1 is 0.950 bits per heavy atom. The molecule has 0 aliphatic carbocycles. The highest BCUT2D eigenvalue weighted by atomic mass is 35.5. The van der Waals surface area contributed by atoms with E-state index in [2.05, 4.69) is 0 Å². The highest BCUT2D eigenvalue weighted by Crippen LogP contribution is 2.38. The van der Waals surface area contributed by atoms with Crippen LogP contribution in [-0.2, 0) is 4.74 Å². The van der Waals surface area contributed by atoms with Crippen LogP contribution in [0.1, 0.15) is 21.5 Å². The molecule has 2 nitrogen and oxygen atoms in total. The average Bonchev–Trinajstić information content (AvgIpc) is 2.79. The van der Waals surface area contributed by atoms with Crippen molar-refractivity contribution in [1.82, 2.24) is 0 Å². The maximum Gasteiger partial charge on any atom is 0.344 e. The number of carbonyl (C=O) groups is 1. The van der Waals surface area contributed by atoms with Gasteiger partial charge in [-0.1, -0.05) is 59.1 Å². The first kappa shape index (κ1) is 13.5. The number of rotatable bonds is 1. The molecule has 0 atom stereocenters. The highest BCUT2D eigenvalue weighted by molar-refractivity contribution is 6.53. The molecule has 100 valence electrons. The Hall–Kier alpha value is -1.48. The van der Waals surface area contributed by atoms with Crippen molar-refractivity contribution in [2.75, 3.05) is 0 Å². The maximum absolute atomic E-state index is 11.8. The molecule has 0 radical (unpaired) electrons. The van der Waals surface area contributed by atoms with Crippen LogP contribution in [0.5, 0.6) is 0 Å². The van der Waals surface area contributed by atoms with E-state index in [1.807, 2.05) is 6.07 Å². The predicted octanol–water partition coefficient (Wildman–Crippen LogP) is 5.23. The number of cyclic esters (lactones) is 1. The van der Waals surface area contributed by atoms with Crippen molar-refractivity contribution in [2.24, 2.45) is 0 Å². The zero-order valence-corrected chi connectivity index (χ0v) is 12.3. The van der Waals surface area contributed by atoms with Crippen LogP contribution in [0.3, 0.4) is 0 Å². The number of halogens is 3. The van der Waals surface area contributed by atoms with Crippen LogP contribution in [0, 0.1) is 0 Å². The van der Waals surface area contributed by atoms with Gasteiger partial charge in [-0.25, -0.2) is 4.79 Å². The number of hydrogen-bond donors (Lipinski definition) is 0. The second kappa shape index (κ2) is 5.13. The van der Waals surface area contributed by atoms with Crippen molar-refractivity contribution in [2.45, 2.75) is 0 Å². The summed E-state index contributed by atoms with van der Waals surface area (Å²) in [6, 6.07) is 12.1. The van der Waals surface area contributed by atoms with Gasteiger partial charge in [0.2, 0.25) is 0 Å². The van der Waals surface area contributed by atoms with E-state index >= 15 is 0 Å². The fraction of sp³-hybridized carbons (Fsp3) is 0. The van der Waals surface area contributed by atoms with Crippen molar-refractivity contribution in [3.63, 3.8) is 0 Å². The van der Waals surface area contributed by atoms with Gasteiger partial charge >= 0.3 is 5.97 Å². The van der Waals surface area contributed by atoms with Crippen LogP contribution in [-0.4, -0.2) is 5.97 Å². The molecule has 3 rings (SSSR count). The van der Waals surface area contributed by atoms with E-state index in [9.17, 15) is 4.79 Å². The van der Waals surface area contributed by atoms with Gasteiger partial charge in [0, 0.05) is 5.56 Å². The van der Waals surface area contributed by atoms with E-state index in [1.54, 1.807) is 36.4 Å². The number of esters is 1. The van der Waals surface area contributed by atoms with Crippen molar-refractivity contribution >= 4 is 51.6 Å². The Labute approximate surface area is 130 Å². The van der Waals surface area contributed by atoms with Crippen LogP contribution in [0.15, 0.2) is 42.5 Å². The van der Waals surface area contributed by atoms with Gasteiger partial charge in [0.25, 0.3) is 0 Å². The highest BCUT2D eigenvalue weighted by Gasteiger charge is 2.28. The molecule has 0 spiro atoms. The molecule has 1 aliphatic heterocycles. The van der Waals surface area contributed by atoms with Crippen LogP contribution >= 0.6 is 34.8 Å². The van der Waals surface area contributed by atoms with E-state index in [4.69, 9.17) is 39.5 Å². The van der Waals surface area contributed by atoms with Crippen molar-refractivity contribution in [3.8, 4) is 0 Å². The van der Waals surface area contributed by atoms with Crippen LogP contribution < -0.4 is 0 Å². The molecule has 0 bridgehead atoms. The standard InChI is InChI=1S/C15H7Cl3O2/c16-11-6-5-8(7-12(11)17)13(18)14-9-3-1-2-4-10(9)15(19)20-14/h1-7H/b14-13-. The van der Waals surface area contributed by atoms with E-state index in [0.717, 1.165) is 0 Å². The average molecular weight is 326 g/mol. The molecule has 0 saturated heterocycles. The van der Waals surface area contributed by atoms with E-state index in [1.165, 1.54) is 0 Å². The van der Waals surface area contributed by atoms with Gasteiger partial charge in [-0.2, -0.15) is 0 Å². The molecule has 0 saturated carbocycles. The quantitative estimate of drug-likeness (QED) is 0.671. The summed E-state index contributed by atoms with van der Waals surface area (Å²) in [7, 11) is 0. The van der Waals surface area contributed by atoms with Crippen molar-refractivity contribution in [1.29, 1.82) is 0 Å². The number of benzene rings is 2. The van der Waals surface area contributed by atoms with Crippen LogP contribution in [0.25, 0.3) is 10.8 Å². The normalized spacial score (nSPS) is 15.8. The molecule has 0 N–H and O–H groups in total. The van der Waals surface area contributed by atoms with E-state index < -0.39 is 5.97 Å². The third kappa shape index (κ3) is 2.20. The minimum absolute atomic E-state index is 0.321. The van der Waals surface area contributed by atoms with Gasteiger partial charge in [0.15, 0.2) is 5.76 Å². The monoisotopic (exact) mass is 324 g/mol. The lowest BCUT2D eigenvalue weighted by atomic mass is 10.1.